The first-order valence-electron chi connectivity index (χ1n) is 14.6. The summed E-state index contributed by atoms with van der Waals surface area (Å²) < 4.78 is 19.7. The lowest BCUT2D eigenvalue weighted by Gasteiger charge is -2.32. The Balaban J connectivity index is 1.51. The Bertz CT molecular complexity index is 2350. The van der Waals surface area contributed by atoms with Gasteiger partial charge >= 0.3 is 0 Å². The number of amides is 1. The second-order valence-electron chi connectivity index (χ2n) is 11.9. The molecule has 6 heterocycles. The van der Waals surface area contributed by atoms with E-state index in [4.69, 9.17) is 47.5 Å². The largest absolute Gasteiger partial charge is 0.506 e. The molecule has 6 aromatic rings. The lowest BCUT2D eigenvalue weighted by atomic mass is 9.70. The minimum atomic E-state index is -1.74. The van der Waals surface area contributed by atoms with E-state index in [1.54, 1.807) is 25.1 Å². The Kier molecular flexibility index (Phi) is 6.05. The molecule has 0 aliphatic carbocycles. The van der Waals surface area contributed by atoms with Crippen molar-refractivity contribution >= 4 is 55.9 Å². The number of benzene rings is 3. The Morgan fingerprint density at radius 2 is 1.87 bits per heavy atom. The van der Waals surface area contributed by atoms with Crippen LogP contribution in [-0.2, 0) is 16.6 Å². The standard InChI is InChI=1S/C33H22BrCl2N5O6/c1-11-30-40-22-26(47-30)33(16-8-12(9-17(34)23(16)42)10-18(37)29(43)38-11)15-6-2-5-14(24(15)46-32(33)44)13-4-3-7-19-20(13)21(27(35)39-19)25-28(36)41-31(22)45-25/h2-9,11,18,32,39,42,44H,10,37H2,1H3,(H,38,43)/t11-,18-,32?,33-/m0/s1. The highest BCUT2D eigenvalue weighted by atomic mass is 79.9. The quantitative estimate of drug-likeness (QED) is 0.119. The van der Waals surface area contributed by atoms with Crippen molar-refractivity contribution in [1.82, 2.24) is 20.3 Å². The molecule has 9 rings (SSSR count). The zero-order valence-electron chi connectivity index (χ0n) is 24.2. The second kappa shape index (κ2) is 9.85. The third-order valence-corrected chi connectivity index (χ3v) is 10.3. The van der Waals surface area contributed by atoms with Gasteiger partial charge in [-0.25, -0.2) is 4.98 Å². The van der Waals surface area contributed by atoms with Crippen LogP contribution in [0.4, 0.5) is 0 Å². The van der Waals surface area contributed by atoms with E-state index in [-0.39, 0.29) is 57.0 Å². The first kappa shape index (κ1) is 28.9. The van der Waals surface area contributed by atoms with E-state index < -0.39 is 29.7 Å². The van der Waals surface area contributed by atoms with Crippen LogP contribution < -0.4 is 15.8 Å². The molecule has 1 spiro atoms. The number of ether oxygens (including phenoxy) is 1. The molecule has 236 valence electrons. The van der Waals surface area contributed by atoms with E-state index in [1.807, 2.05) is 30.3 Å². The Morgan fingerprint density at radius 3 is 2.70 bits per heavy atom. The highest BCUT2D eigenvalue weighted by molar-refractivity contribution is 9.10. The number of aliphatic hydroxyl groups excluding tert-OH is 1. The fourth-order valence-corrected chi connectivity index (χ4v) is 8.10. The molecule has 10 bridgehead atoms. The third-order valence-electron chi connectivity index (χ3n) is 9.20. The number of nitrogens with one attached hydrogen (secondary N) is 2. The molecule has 3 aromatic heterocycles. The van der Waals surface area contributed by atoms with Crippen LogP contribution >= 0.6 is 39.1 Å². The predicted molar refractivity (Wildman–Crippen MR) is 175 cm³/mol. The molecule has 3 aliphatic rings. The van der Waals surface area contributed by atoms with Crippen molar-refractivity contribution in [2.45, 2.75) is 37.1 Å². The van der Waals surface area contributed by atoms with Crippen molar-refractivity contribution in [2.24, 2.45) is 5.73 Å². The summed E-state index contributed by atoms with van der Waals surface area (Å²) in [6.45, 7) is 1.69. The third kappa shape index (κ3) is 3.78. The van der Waals surface area contributed by atoms with Crippen LogP contribution in [-0.4, -0.2) is 43.4 Å². The minimum absolute atomic E-state index is 0.0107. The fraction of sp³-hybridized carbons (Fsp3) is 0.182. The van der Waals surface area contributed by atoms with Crippen molar-refractivity contribution in [3.63, 3.8) is 0 Å². The number of rotatable bonds is 0. The minimum Gasteiger partial charge on any atom is -0.506 e. The van der Waals surface area contributed by atoms with Crippen molar-refractivity contribution in [3.8, 4) is 45.5 Å². The van der Waals surface area contributed by atoms with Gasteiger partial charge in [-0.15, -0.1) is 0 Å². The van der Waals surface area contributed by atoms with Gasteiger partial charge in [0.2, 0.25) is 18.1 Å². The van der Waals surface area contributed by atoms with Crippen LogP contribution in [0, 0.1) is 0 Å². The van der Waals surface area contributed by atoms with E-state index in [2.05, 4.69) is 31.2 Å². The summed E-state index contributed by atoms with van der Waals surface area (Å²) >= 11 is 17.1. The molecule has 0 fully saturated rings. The number of aromatic amines is 1. The molecule has 6 N–H and O–H groups in total. The number of nitrogens with two attached hydrogens (primary N) is 1. The second-order valence-corrected chi connectivity index (χ2v) is 13.5. The summed E-state index contributed by atoms with van der Waals surface area (Å²) in [5.74, 6) is -0.0284. The van der Waals surface area contributed by atoms with Gasteiger partial charge in [-0.2, -0.15) is 4.98 Å². The van der Waals surface area contributed by atoms with Gasteiger partial charge in [-0.05, 0) is 52.5 Å². The van der Waals surface area contributed by atoms with Crippen molar-refractivity contribution in [3.05, 3.63) is 91.7 Å². The number of phenolic OH excluding ortho intramolecular Hbond substituents is 1. The Labute approximate surface area is 283 Å². The first-order chi connectivity index (χ1) is 22.6. The maximum atomic E-state index is 13.2. The van der Waals surface area contributed by atoms with Crippen LogP contribution in [0.25, 0.3) is 44.9 Å². The highest BCUT2D eigenvalue weighted by Crippen LogP contribution is 2.60. The van der Waals surface area contributed by atoms with Gasteiger partial charge in [0.15, 0.2) is 22.4 Å². The number of halogens is 3. The monoisotopic (exact) mass is 733 g/mol. The molecule has 3 aliphatic heterocycles. The summed E-state index contributed by atoms with van der Waals surface area (Å²) in [5.41, 5.74) is 8.49. The molecule has 0 saturated carbocycles. The number of hydrogen-bond acceptors (Lipinski definition) is 9. The molecule has 0 saturated heterocycles. The average molecular weight is 735 g/mol. The summed E-state index contributed by atoms with van der Waals surface area (Å²) in [6.07, 6.45) is -1.53. The van der Waals surface area contributed by atoms with Gasteiger partial charge in [-0.3, -0.25) is 4.79 Å². The highest BCUT2D eigenvalue weighted by Gasteiger charge is 2.58. The van der Waals surface area contributed by atoms with Crippen molar-refractivity contribution in [1.29, 1.82) is 0 Å². The Morgan fingerprint density at radius 1 is 1.09 bits per heavy atom. The number of hydrogen-bond donors (Lipinski definition) is 5. The smallest absolute Gasteiger partial charge is 0.250 e. The molecule has 0 radical (unpaired) electrons. The Hall–Kier alpha value is -4.33. The van der Waals surface area contributed by atoms with Crippen LogP contribution in [0.3, 0.4) is 0 Å². The van der Waals surface area contributed by atoms with Gasteiger partial charge in [-0.1, -0.05) is 59.6 Å². The SMILES string of the molecule is C[C@@H]1NC(=O)[C@@H](N)Cc2cc(Br)c(O)c(c2)[C@]23c4cccc(c4OC2O)-c2cccc4[nH]c(Cl)c(c24)-c2oc(nc2Cl)-c2nc1oc23. The first-order valence-corrected chi connectivity index (χ1v) is 16.2. The van der Waals surface area contributed by atoms with Gasteiger partial charge in [0.1, 0.15) is 28.1 Å². The number of aliphatic hydroxyl groups is 1. The van der Waals surface area contributed by atoms with Crippen molar-refractivity contribution < 1.29 is 28.6 Å². The number of carbonyl (C=O) groups is 1. The van der Waals surface area contributed by atoms with E-state index in [0.29, 0.717) is 48.9 Å². The van der Waals surface area contributed by atoms with E-state index in [0.717, 1.165) is 0 Å². The number of phenols is 1. The van der Waals surface area contributed by atoms with Gasteiger partial charge in [0.25, 0.3) is 5.89 Å². The van der Waals surface area contributed by atoms with Crippen LogP contribution in [0.15, 0.2) is 61.8 Å². The van der Waals surface area contributed by atoms with Gasteiger partial charge in [0.05, 0.1) is 16.1 Å². The zero-order chi connectivity index (χ0) is 32.5. The molecule has 11 nitrogen and oxygen atoms in total. The summed E-state index contributed by atoms with van der Waals surface area (Å²) in [4.78, 5) is 25.7. The molecule has 3 aromatic carbocycles. The van der Waals surface area contributed by atoms with E-state index in [9.17, 15) is 15.0 Å². The number of H-pyrrole nitrogens is 1. The van der Waals surface area contributed by atoms with Crippen molar-refractivity contribution in [2.75, 3.05) is 0 Å². The van der Waals surface area contributed by atoms with Gasteiger partial charge in [0, 0.05) is 27.6 Å². The van der Waals surface area contributed by atoms with Crippen LogP contribution in [0.1, 0.15) is 41.3 Å². The van der Waals surface area contributed by atoms with Gasteiger partial charge < -0.3 is 39.8 Å². The normalized spacial score (nSPS) is 22.5. The number of carbonyl (C=O) groups excluding carboxylic acids is 1. The molecular weight excluding hydrogens is 713 g/mol. The lowest BCUT2D eigenvalue weighted by Crippen LogP contribution is -2.43. The zero-order valence-corrected chi connectivity index (χ0v) is 27.3. The van der Waals surface area contributed by atoms with Crippen LogP contribution in [0.2, 0.25) is 10.3 Å². The molecule has 1 unspecified atom stereocenters. The van der Waals surface area contributed by atoms with E-state index >= 15 is 0 Å². The maximum absolute atomic E-state index is 13.2. The van der Waals surface area contributed by atoms with E-state index in [1.165, 1.54) is 0 Å². The van der Waals surface area contributed by atoms with Crippen LogP contribution in [0.5, 0.6) is 11.5 Å². The molecule has 1 amide bonds. The molecule has 4 atom stereocenters. The molecule has 14 heteroatoms. The summed E-state index contributed by atoms with van der Waals surface area (Å²) in [5, 5.41) is 27.9. The lowest BCUT2D eigenvalue weighted by molar-refractivity contribution is -0.123. The summed E-state index contributed by atoms with van der Waals surface area (Å²) in [7, 11) is 0. The summed E-state index contributed by atoms with van der Waals surface area (Å²) in [6, 6.07) is 12.8. The number of nitrogens with zero attached hydrogens (tertiary/aromatic N) is 2. The number of aromatic hydroxyl groups is 1. The number of fused-ring (bicyclic) bond motifs is 8. The number of oxazole rings is 2. The predicted octanol–water partition coefficient (Wildman–Crippen LogP) is 6.34. The molecule has 47 heavy (non-hydrogen) atoms. The number of para-hydroxylation sites is 1. The number of aromatic nitrogens is 3. The average Bonchev–Trinajstić information content (AvgIpc) is 3.79. The fourth-order valence-electron chi connectivity index (χ4n) is 7.10. The topological polar surface area (TPSA) is 173 Å². The molecular formula is C33H22BrCl2N5O6. The maximum Gasteiger partial charge on any atom is 0.250 e.